The Labute approximate surface area is 199 Å². The maximum absolute atomic E-state index is 14.8. The molecule has 13 heteroatoms. The average molecular weight is 507 g/mol. The quantitative estimate of drug-likeness (QED) is 0.530. The zero-order valence-corrected chi connectivity index (χ0v) is 18.7. The van der Waals surface area contributed by atoms with Crippen molar-refractivity contribution in [2.45, 2.75) is 31.2 Å². The van der Waals surface area contributed by atoms with Gasteiger partial charge >= 0.3 is 6.03 Å². The molecular weight excluding hydrogens is 489 g/mol. The summed E-state index contributed by atoms with van der Waals surface area (Å²) >= 11 is 0. The second-order valence-electron chi connectivity index (χ2n) is 9.11. The van der Waals surface area contributed by atoms with Crippen LogP contribution in [0.25, 0.3) is 16.7 Å². The van der Waals surface area contributed by atoms with Crippen LogP contribution in [0.5, 0.6) is 0 Å². The molecule has 2 N–H and O–H groups in total. The van der Waals surface area contributed by atoms with Gasteiger partial charge in [0, 0.05) is 49.8 Å². The number of anilines is 1. The molecule has 36 heavy (non-hydrogen) atoms. The van der Waals surface area contributed by atoms with Gasteiger partial charge in [-0.05, 0) is 19.1 Å². The van der Waals surface area contributed by atoms with Crippen molar-refractivity contribution >= 4 is 28.8 Å². The van der Waals surface area contributed by atoms with E-state index in [2.05, 4.69) is 15.6 Å². The number of alkyl halides is 2. The van der Waals surface area contributed by atoms with Gasteiger partial charge in [-0.25, -0.2) is 31.7 Å². The van der Waals surface area contributed by atoms with Crippen molar-refractivity contribution in [3.8, 4) is 5.69 Å². The molecule has 0 atom stereocenters. The van der Waals surface area contributed by atoms with E-state index in [1.807, 2.05) is 0 Å². The van der Waals surface area contributed by atoms with E-state index in [9.17, 15) is 36.3 Å². The summed E-state index contributed by atoms with van der Waals surface area (Å²) < 4.78 is 70.7. The van der Waals surface area contributed by atoms with Gasteiger partial charge in [0.2, 0.25) is 5.43 Å². The third-order valence-corrected chi connectivity index (χ3v) is 6.15. The van der Waals surface area contributed by atoms with Crippen LogP contribution in [0, 0.1) is 17.5 Å². The van der Waals surface area contributed by atoms with Crippen molar-refractivity contribution in [2.24, 2.45) is 0 Å². The Morgan fingerprint density at radius 1 is 1.11 bits per heavy atom. The Morgan fingerprint density at radius 3 is 2.36 bits per heavy atom. The SMILES string of the molecule is CC1(NC(=O)c2cn(-c3c(F)cc(F)cc3F)c3nc(N4CCNC4=O)ccc3c2=O)CC(F)(F)C1. The predicted molar refractivity (Wildman–Crippen MR) is 118 cm³/mol. The van der Waals surface area contributed by atoms with Crippen molar-refractivity contribution in [3.05, 3.63) is 63.7 Å². The number of hydrogen-bond donors (Lipinski definition) is 2. The van der Waals surface area contributed by atoms with E-state index < -0.39 is 70.4 Å². The minimum atomic E-state index is -2.96. The summed E-state index contributed by atoms with van der Waals surface area (Å²) in [7, 11) is 0. The molecule has 0 radical (unpaired) electrons. The van der Waals surface area contributed by atoms with Crippen molar-refractivity contribution in [2.75, 3.05) is 18.0 Å². The third kappa shape index (κ3) is 3.93. The van der Waals surface area contributed by atoms with E-state index in [0.717, 1.165) is 10.8 Å². The minimum absolute atomic E-state index is 0.0648. The molecular formula is C23H18F5N5O3. The zero-order valence-electron chi connectivity index (χ0n) is 18.7. The number of amides is 3. The van der Waals surface area contributed by atoms with Crippen molar-refractivity contribution < 1.29 is 31.5 Å². The third-order valence-electron chi connectivity index (χ3n) is 6.15. The van der Waals surface area contributed by atoms with Gasteiger partial charge in [-0.2, -0.15) is 0 Å². The van der Waals surface area contributed by atoms with E-state index in [-0.39, 0.29) is 23.4 Å². The number of benzene rings is 1. The molecule has 0 bridgehead atoms. The Morgan fingerprint density at radius 2 is 1.78 bits per heavy atom. The summed E-state index contributed by atoms with van der Waals surface area (Å²) in [5, 5.41) is 4.72. The van der Waals surface area contributed by atoms with Gasteiger partial charge in [0.1, 0.15) is 22.9 Å². The van der Waals surface area contributed by atoms with Crippen molar-refractivity contribution in [1.29, 1.82) is 0 Å². The fourth-order valence-electron chi connectivity index (χ4n) is 4.65. The first-order valence-electron chi connectivity index (χ1n) is 10.8. The highest BCUT2D eigenvalue weighted by atomic mass is 19.3. The summed E-state index contributed by atoms with van der Waals surface area (Å²) in [6.45, 7) is 1.95. The Kier molecular flexibility index (Phi) is 5.27. The van der Waals surface area contributed by atoms with Gasteiger partial charge in [-0.15, -0.1) is 0 Å². The first kappa shape index (κ1) is 23.7. The Bertz CT molecular complexity index is 1470. The number of carbonyl (C=O) groups excluding carboxylic acids is 2. The predicted octanol–water partition coefficient (Wildman–Crippen LogP) is 3.25. The molecule has 3 heterocycles. The summed E-state index contributed by atoms with van der Waals surface area (Å²) in [6.07, 6.45) is -0.463. The van der Waals surface area contributed by atoms with Crippen LogP contribution in [0.3, 0.4) is 0 Å². The summed E-state index contributed by atoms with van der Waals surface area (Å²) in [5.41, 5.74) is -3.88. The number of hydrogen-bond acceptors (Lipinski definition) is 4. The molecule has 3 amide bonds. The molecule has 3 aromatic rings. The van der Waals surface area contributed by atoms with Crippen LogP contribution in [0.15, 0.2) is 35.3 Å². The molecule has 1 aliphatic carbocycles. The summed E-state index contributed by atoms with van der Waals surface area (Å²) in [6, 6.07) is 2.91. The lowest BCUT2D eigenvalue weighted by atomic mass is 9.75. The van der Waals surface area contributed by atoms with Crippen LogP contribution in [-0.4, -0.2) is 46.0 Å². The first-order valence-corrected chi connectivity index (χ1v) is 10.8. The fraction of sp³-hybridized carbons (Fsp3) is 0.304. The molecule has 2 aromatic heterocycles. The monoisotopic (exact) mass is 507 g/mol. The molecule has 188 valence electrons. The van der Waals surface area contributed by atoms with Gasteiger partial charge in [0.05, 0.1) is 5.39 Å². The maximum Gasteiger partial charge on any atom is 0.323 e. The van der Waals surface area contributed by atoms with E-state index in [1.165, 1.54) is 24.0 Å². The summed E-state index contributed by atoms with van der Waals surface area (Å²) in [5.74, 6) is -7.82. The highest BCUT2D eigenvalue weighted by Crippen LogP contribution is 2.45. The first-order chi connectivity index (χ1) is 16.9. The second-order valence-corrected chi connectivity index (χ2v) is 9.11. The lowest BCUT2D eigenvalue weighted by Crippen LogP contribution is -2.60. The van der Waals surface area contributed by atoms with Crippen molar-refractivity contribution in [1.82, 2.24) is 20.2 Å². The van der Waals surface area contributed by atoms with Gasteiger partial charge in [-0.3, -0.25) is 19.1 Å². The molecule has 1 saturated carbocycles. The maximum atomic E-state index is 14.8. The second kappa shape index (κ2) is 8.00. The number of carbonyl (C=O) groups is 2. The van der Waals surface area contributed by atoms with Crippen LogP contribution in [0.2, 0.25) is 0 Å². The van der Waals surface area contributed by atoms with E-state index in [4.69, 9.17) is 0 Å². The van der Waals surface area contributed by atoms with Crippen LogP contribution in [0.4, 0.5) is 32.6 Å². The molecule has 1 aromatic carbocycles. The van der Waals surface area contributed by atoms with Gasteiger partial charge in [0.15, 0.2) is 17.3 Å². The van der Waals surface area contributed by atoms with Gasteiger partial charge < -0.3 is 10.6 Å². The van der Waals surface area contributed by atoms with Crippen LogP contribution in [0.1, 0.15) is 30.1 Å². The van der Waals surface area contributed by atoms with Gasteiger partial charge in [-0.1, -0.05) is 0 Å². The zero-order chi connectivity index (χ0) is 26.0. The topological polar surface area (TPSA) is 96.3 Å². The number of rotatable bonds is 4. The number of fused-ring (bicyclic) bond motifs is 1. The molecule has 5 rings (SSSR count). The standard InChI is InChI=1S/C23H18F5N5O3/c1-22(9-23(27,28)10-22)31-20(35)13-8-33(17-14(25)6-11(24)7-15(17)26)19-12(18(13)34)2-3-16(30-19)32-5-4-29-21(32)36/h2-3,6-8H,4-5,9-10H2,1H3,(H,29,36)(H,31,35). The number of nitrogens with zero attached hydrogens (tertiary/aromatic N) is 3. The molecule has 1 aliphatic heterocycles. The average Bonchev–Trinajstić information content (AvgIpc) is 3.18. The van der Waals surface area contributed by atoms with Crippen LogP contribution >= 0.6 is 0 Å². The Balaban J connectivity index is 1.70. The van der Waals surface area contributed by atoms with Crippen LogP contribution in [-0.2, 0) is 0 Å². The molecule has 0 spiro atoms. The van der Waals surface area contributed by atoms with Gasteiger partial charge in [0.25, 0.3) is 11.8 Å². The normalized spacial score (nSPS) is 18.2. The highest BCUT2D eigenvalue weighted by Gasteiger charge is 2.54. The number of urea groups is 1. The highest BCUT2D eigenvalue weighted by molar-refractivity contribution is 5.98. The number of nitrogens with one attached hydrogen (secondary N) is 2. The Hall–Kier alpha value is -4.03. The lowest BCUT2D eigenvalue weighted by molar-refractivity contribution is -0.124. The molecule has 2 aliphatic rings. The van der Waals surface area contributed by atoms with Crippen molar-refractivity contribution in [3.63, 3.8) is 0 Å². The van der Waals surface area contributed by atoms with E-state index in [1.54, 1.807) is 0 Å². The number of halogens is 5. The largest absolute Gasteiger partial charge is 0.346 e. The number of pyridine rings is 2. The molecule has 2 fully saturated rings. The molecule has 1 saturated heterocycles. The smallest absolute Gasteiger partial charge is 0.323 e. The van der Waals surface area contributed by atoms with E-state index in [0.29, 0.717) is 18.7 Å². The number of aromatic nitrogens is 2. The van der Waals surface area contributed by atoms with E-state index >= 15 is 0 Å². The van der Waals surface area contributed by atoms with Crippen LogP contribution < -0.4 is 21.0 Å². The minimum Gasteiger partial charge on any atom is -0.346 e. The molecule has 0 unspecified atom stereocenters. The summed E-state index contributed by atoms with van der Waals surface area (Å²) in [4.78, 5) is 43.7. The lowest BCUT2D eigenvalue weighted by Gasteiger charge is -2.45. The fourth-order valence-corrected chi connectivity index (χ4v) is 4.65. The molecule has 8 nitrogen and oxygen atoms in total.